The first kappa shape index (κ1) is 19.1. The molecule has 1 aromatic rings. The lowest BCUT2D eigenvalue weighted by molar-refractivity contribution is 0.129. The molecule has 124 valence electrons. The smallest absolute Gasteiger partial charge is 0.191 e. The summed E-state index contributed by atoms with van der Waals surface area (Å²) < 4.78 is 6.01. The van der Waals surface area contributed by atoms with Gasteiger partial charge in [0, 0.05) is 25.2 Å². The largest absolute Gasteiger partial charge is 0.488 e. The van der Waals surface area contributed by atoms with Gasteiger partial charge < -0.3 is 15.4 Å². The molecule has 2 atom stereocenters. The maximum absolute atomic E-state index is 6.01. The number of hydrogen-bond acceptors (Lipinski definition) is 2. The van der Waals surface area contributed by atoms with E-state index in [1.807, 2.05) is 18.2 Å². The maximum atomic E-state index is 6.01. The minimum Gasteiger partial charge on any atom is -0.488 e. The first-order valence-electron chi connectivity index (χ1n) is 7.63. The fourth-order valence-electron chi connectivity index (χ4n) is 2.15. The Morgan fingerprint density at radius 1 is 1.32 bits per heavy atom. The van der Waals surface area contributed by atoms with Gasteiger partial charge in [-0.15, -0.1) is 24.0 Å². The van der Waals surface area contributed by atoms with Gasteiger partial charge in [-0.1, -0.05) is 25.1 Å². The number of halogens is 1. The van der Waals surface area contributed by atoms with Crippen LogP contribution in [0.2, 0.25) is 0 Å². The van der Waals surface area contributed by atoms with Crippen LogP contribution in [0.3, 0.4) is 0 Å². The molecule has 2 unspecified atom stereocenters. The molecule has 0 heterocycles. The molecular formula is C17H28IN3O. The summed E-state index contributed by atoms with van der Waals surface area (Å²) in [7, 11) is 1.81. The number of nitrogens with one attached hydrogen (secondary N) is 2. The van der Waals surface area contributed by atoms with Crippen LogP contribution >= 0.6 is 24.0 Å². The van der Waals surface area contributed by atoms with E-state index in [0.29, 0.717) is 12.6 Å². The predicted octanol–water partition coefficient (Wildman–Crippen LogP) is 3.56. The van der Waals surface area contributed by atoms with E-state index in [-0.39, 0.29) is 29.6 Å². The average Bonchev–Trinajstić information content (AvgIpc) is 3.09. The quantitative estimate of drug-likeness (QED) is 0.448. The molecule has 1 aliphatic carbocycles. The molecule has 0 aliphatic heterocycles. The third-order valence-corrected chi connectivity index (χ3v) is 3.49. The monoisotopic (exact) mass is 417 g/mol. The van der Waals surface area contributed by atoms with Crippen molar-refractivity contribution in [3.05, 3.63) is 29.8 Å². The summed E-state index contributed by atoms with van der Waals surface area (Å²) in [6, 6.07) is 8.70. The molecule has 2 N–H and O–H groups in total. The summed E-state index contributed by atoms with van der Waals surface area (Å²) >= 11 is 0. The zero-order chi connectivity index (χ0) is 15.5. The van der Waals surface area contributed by atoms with Gasteiger partial charge in [-0.05, 0) is 39.2 Å². The molecule has 1 aliphatic rings. The second-order valence-electron chi connectivity index (χ2n) is 6.71. The van der Waals surface area contributed by atoms with Crippen molar-refractivity contribution >= 4 is 29.9 Å². The molecule has 0 radical (unpaired) electrons. The number of ether oxygens (including phenoxy) is 1. The SMILES string of the molecule is CN=C(NCc1ccccc1OC(C)(C)C)NC1CC1C.I. The van der Waals surface area contributed by atoms with Crippen molar-refractivity contribution in [3.63, 3.8) is 0 Å². The number of guanidine groups is 1. The molecule has 1 aromatic carbocycles. The van der Waals surface area contributed by atoms with Gasteiger partial charge in [-0.2, -0.15) is 0 Å². The van der Waals surface area contributed by atoms with Gasteiger partial charge in [-0.25, -0.2) is 0 Å². The Kier molecular flexibility index (Phi) is 6.97. The van der Waals surface area contributed by atoms with Crippen molar-refractivity contribution in [1.29, 1.82) is 0 Å². The summed E-state index contributed by atoms with van der Waals surface area (Å²) in [6.45, 7) is 9.13. The van der Waals surface area contributed by atoms with Crippen LogP contribution in [0.4, 0.5) is 0 Å². The van der Waals surface area contributed by atoms with Gasteiger partial charge >= 0.3 is 0 Å². The fourth-order valence-corrected chi connectivity index (χ4v) is 2.15. The zero-order valence-electron chi connectivity index (χ0n) is 14.1. The van der Waals surface area contributed by atoms with Gasteiger partial charge in [0.05, 0.1) is 0 Å². The molecule has 1 fully saturated rings. The number of hydrogen-bond donors (Lipinski definition) is 2. The molecule has 0 amide bonds. The Bertz CT molecular complexity index is 511. The molecular weight excluding hydrogens is 389 g/mol. The average molecular weight is 417 g/mol. The van der Waals surface area contributed by atoms with Crippen LogP contribution < -0.4 is 15.4 Å². The molecule has 2 rings (SSSR count). The van der Waals surface area contributed by atoms with E-state index in [1.165, 1.54) is 6.42 Å². The Hall–Kier alpha value is -0.980. The highest BCUT2D eigenvalue weighted by atomic mass is 127. The van der Waals surface area contributed by atoms with Gasteiger partial charge in [0.2, 0.25) is 0 Å². The molecule has 0 aromatic heterocycles. The van der Waals surface area contributed by atoms with Crippen LogP contribution in [0.5, 0.6) is 5.75 Å². The third-order valence-electron chi connectivity index (χ3n) is 3.49. The van der Waals surface area contributed by atoms with Crippen molar-refractivity contribution in [2.75, 3.05) is 7.05 Å². The number of rotatable bonds is 4. The Balaban J connectivity index is 0.00000242. The van der Waals surface area contributed by atoms with Gasteiger partial charge in [0.1, 0.15) is 11.4 Å². The second kappa shape index (κ2) is 8.04. The van der Waals surface area contributed by atoms with Crippen molar-refractivity contribution in [2.45, 2.75) is 52.3 Å². The van der Waals surface area contributed by atoms with E-state index >= 15 is 0 Å². The molecule has 0 bridgehead atoms. The molecule has 0 spiro atoms. The van der Waals surface area contributed by atoms with Crippen LogP contribution in [0.15, 0.2) is 29.3 Å². The first-order valence-corrected chi connectivity index (χ1v) is 7.63. The zero-order valence-corrected chi connectivity index (χ0v) is 16.5. The maximum Gasteiger partial charge on any atom is 0.191 e. The highest BCUT2D eigenvalue weighted by molar-refractivity contribution is 14.0. The normalized spacial score (nSPS) is 20.9. The van der Waals surface area contributed by atoms with Gasteiger partial charge in [0.25, 0.3) is 0 Å². The van der Waals surface area contributed by atoms with E-state index < -0.39 is 0 Å². The predicted molar refractivity (Wildman–Crippen MR) is 103 cm³/mol. The second-order valence-corrected chi connectivity index (χ2v) is 6.71. The van der Waals surface area contributed by atoms with Crippen molar-refractivity contribution in [2.24, 2.45) is 10.9 Å². The highest BCUT2D eigenvalue weighted by Gasteiger charge is 2.33. The lowest BCUT2D eigenvalue weighted by Crippen LogP contribution is -2.38. The lowest BCUT2D eigenvalue weighted by Gasteiger charge is -2.23. The molecule has 4 nitrogen and oxygen atoms in total. The fraction of sp³-hybridized carbons (Fsp3) is 0.588. The van der Waals surface area contributed by atoms with E-state index in [0.717, 1.165) is 23.2 Å². The number of aliphatic imine (C=N–C) groups is 1. The van der Waals surface area contributed by atoms with Gasteiger partial charge in [0.15, 0.2) is 5.96 Å². The Labute approximate surface area is 151 Å². The van der Waals surface area contributed by atoms with Gasteiger partial charge in [-0.3, -0.25) is 4.99 Å². The van der Waals surface area contributed by atoms with Crippen LogP contribution in [0, 0.1) is 5.92 Å². The van der Waals surface area contributed by atoms with Crippen LogP contribution in [-0.2, 0) is 6.54 Å². The molecule has 1 saturated carbocycles. The first-order chi connectivity index (χ1) is 9.89. The van der Waals surface area contributed by atoms with Crippen LogP contribution in [0.1, 0.15) is 39.7 Å². The number of benzene rings is 1. The Morgan fingerprint density at radius 2 is 1.95 bits per heavy atom. The van der Waals surface area contributed by atoms with E-state index in [4.69, 9.17) is 4.74 Å². The summed E-state index contributed by atoms with van der Waals surface area (Å²) in [5.74, 6) is 2.53. The summed E-state index contributed by atoms with van der Waals surface area (Å²) in [6.07, 6.45) is 1.23. The number of nitrogens with zero attached hydrogens (tertiary/aromatic N) is 1. The summed E-state index contributed by atoms with van der Waals surface area (Å²) in [4.78, 5) is 4.28. The third kappa shape index (κ3) is 6.02. The summed E-state index contributed by atoms with van der Waals surface area (Å²) in [5.41, 5.74) is 0.943. The molecule has 0 saturated heterocycles. The van der Waals surface area contributed by atoms with E-state index in [2.05, 4.69) is 49.4 Å². The van der Waals surface area contributed by atoms with Crippen molar-refractivity contribution in [3.8, 4) is 5.75 Å². The minimum absolute atomic E-state index is 0. The van der Waals surface area contributed by atoms with E-state index in [9.17, 15) is 0 Å². The highest BCUT2D eigenvalue weighted by Crippen LogP contribution is 2.28. The molecule has 5 heteroatoms. The lowest BCUT2D eigenvalue weighted by atomic mass is 10.1. The van der Waals surface area contributed by atoms with Crippen LogP contribution in [0.25, 0.3) is 0 Å². The molecule has 22 heavy (non-hydrogen) atoms. The van der Waals surface area contributed by atoms with Crippen molar-refractivity contribution < 1.29 is 4.74 Å². The van der Waals surface area contributed by atoms with Crippen LogP contribution in [-0.4, -0.2) is 24.7 Å². The van der Waals surface area contributed by atoms with E-state index in [1.54, 1.807) is 7.05 Å². The standard InChI is InChI=1S/C17H27N3O.HI/c1-12-10-14(12)20-16(18-5)19-11-13-8-6-7-9-15(13)21-17(2,3)4;/h6-9,12,14H,10-11H2,1-5H3,(H2,18,19,20);1H. The summed E-state index contributed by atoms with van der Waals surface area (Å²) in [5, 5.41) is 6.79. The minimum atomic E-state index is -0.195. The Morgan fingerprint density at radius 3 is 2.50 bits per heavy atom. The topological polar surface area (TPSA) is 45.7 Å². The number of para-hydroxylation sites is 1. The van der Waals surface area contributed by atoms with Crippen molar-refractivity contribution in [1.82, 2.24) is 10.6 Å².